The number of halogens is 1. The van der Waals surface area contributed by atoms with E-state index in [1.807, 2.05) is 0 Å². The Hall–Kier alpha value is -1.78. The summed E-state index contributed by atoms with van der Waals surface area (Å²) < 4.78 is 23.3. The number of ether oxygens (including phenoxy) is 2. The molecule has 1 heterocycles. The van der Waals surface area contributed by atoms with Gasteiger partial charge in [-0.3, -0.25) is 0 Å². The number of carbonyl (C=O) groups is 1. The molecule has 0 spiro atoms. The van der Waals surface area contributed by atoms with Crippen LogP contribution < -0.4 is 10.1 Å². The fourth-order valence-corrected chi connectivity index (χ4v) is 1.51. The molecule has 5 heteroatoms. The normalized spacial score (nSPS) is 19.6. The van der Waals surface area contributed by atoms with Crippen LogP contribution in [0, 0.1) is 5.82 Å². The van der Waals surface area contributed by atoms with Crippen LogP contribution in [0.4, 0.5) is 9.18 Å². The van der Waals surface area contributed by atoms with Crippen molar-refractivity contribution in [1.82, 2.24) is 5.32 Å². The van der Waals surface area contributed by atoms with E-state index in [0.717, 1.165) is 0 Å². The van der Waals surface area contributed by atoms with Crippen molar-refractivity contribution in [2.75, 3.05) is 13.7 Å². The predicted octanol–water partition coefficient (Wildman–Crippen LogP) is 1.62. The molecule has 80 valence electrons. The number of carbonyl (C=O) groups excluding carboxylic acids is 1. The van der Waals surface area contributed by atoms with Gasteiger partial charge in [-0.05, 0) is 6.07 Å². The third kappa shape index (κ3) is 1.72. The molecule has 0 radical (unpaired) electrons. The number of benzene rings is 1. The number of methoxy groups -OCH3 is 1. The lowest BCUT2D eigenvalue weighted by Gasteiger charge is -2.11. The van der Waals surface area contributed by atoms with Crippen molar-refractivity contribution in [3.8, 4) is 5.75 Å². The van der Waals surface area contributed by atoms with E-state index in [0.29, 0.717) is 5.56 Å². The summed E-state index contributed by atoms with van der Waals surface area (Å²) in [5.41, 5.74) is 0.375. The second-order valence-electron chi connectivity index (χ2n) is 3.16. The minimum atomic E-state index is -0.526. The van der Waals surface area contributed by atoms with Gasteiger partial charge >= 0.3 is 6.09 Å². The Balaban J connectivity index is 2.32. The molecule has 1 saturated heterocycles. The minimum Gasteiger partial charge on any atom is -0.494 e. The molecule has 1 atom stereocenters. The lowest BCUT2D eigenvalue weighted by Crippen LogP contribution is -2.19. The van der Waals surface area contributed by atoms with Crippen molar-refractivity contribution >= 4 is 6.09 Å². The van der Waals surface area contributed by atoms with E-state index in [2.05, 4.69) is 5.32 Å². The SMILES string of the molecule is COc1cccc([C@@H]2COC(=O)N2)c1F. The topological polar surface area (TPSA) is 47.6 Å². The Morgan fingerprint density at radius 3 is 3.00 bits per heavy atom. The molecule has 0 unspecified atom stereocenters. The molecule has 1 N–H and O–H groups in total. The first-order valence-corrected chi connectivity index (χ1v) is 4.48. The first-order valence-electron chi connectivity index (χ1n) is 4.48. The fourth-order valence-electron chi connectivity index (χ4n) is 1.51. The quantitative estimate of drug-likeness (QED) is 0.808. The van der Waals surface area contributed by atoms with E-state index in [1.165, 1.54) is 13.2 Å². The predicted molar refractivity (Wildman–Crippen MR) is 50.2 cm³/mol. The Kier molecular flexibility index (Phi) is 2.45. The molecule has 0 aromatic heterocycles. The van der Waals surface area contributed by atoms with Gasteiger partial charge in [-0.2, -0.15) is 0 Å². The molecule has 1 aliphatic rings. The highest BCUT2D eigenvalue weighted by atomic mass is 19.1. The van der Waals surface area contributed by atoms with Gasteiger partial charge in [0.05, 0.1) is 13.2 Å². The lowest BCUT2D eigenvalue weighted by atomic mass is 10.1. The van der Waals surface area contributed by atoms with Crippen LogP contribution in [0.2, 0.25) is 0 Å². The van der Waals surface area contributed by atoms with Gasteiger partial charge in [0.2, 0.25) is 0 Å². The first kappa shape index (κ1) is 9.76. The molecule has 0 bridgehead atoms. The smallest absolute Gasteiger partial charge is 0.407 e. The van der Waals surface area contributed by atoms with Gasteiger partial charge in [-0.1, -0.05) is 12.1 Å². The molecule has 15 heavy (non-hydrogen) atoms. The van der Waals surface area contributed by atoms with Gasteiger partial charge in [-0.15, -0.1) is 0 Å². The molecule has 1 aliphatic heterocycles. The zero-order valence-electron chi connectivity index (χ0n) is 8.12. The van der Waals surface area contributed by atoms with Crippen molar-refractivity contribution in [2.24, 2.45) is 0 Å². The highest BCUT2D eigenvalue weighted by Gasteiger charge is 2.27. The van der Waals surface area contributed by atoms with Crippen LogP contribution >= 0.6 is 0 Å². The minimum absolute atomic E-state index is 0.142. The summed E-state index contributed by atoms with van der Waals surface area (Å²) in [4.78, 5) is 10.8. The van der Waals surface area contributed by atoms with E-state index in [4.69, 9.17) is 9.47 Å². The molecule has 1 amide bonds. The molecule has 1 aromatic rings. The summed E-state index contributed by atoms with van der Waals surface area (Å²) >= 11 is 0. The van der Waals surface area contributed by atoms with E-state index in [9.17, 15) is 9.18 Å². The largest absolute Gasteiger partial charge is 0.494 e. The van der Waals surface area contributed by atoms with Crippen molar-refractivity contribution in [1.29, 1.82) is 0 Å². The van der Waals surface area contributed by atoms with Crippen LogP contribution in [0.5, 0.6) is 5.75 Å². The molecule has 0 saturated carbocycles. The Morgan fingerprint density at radius 2 is 2.40 bits per heavy atom. The molecule has 1 fully saturated rings. The first-order chi connectivity index (χ1) is 7.22. The monoisotopic (exact) mass is 211 g/mol. The zero-order valence-corrected chi connectivity index (χ0v) is 8.12. The summed E-state index contributed by atoms with van der Waals surface area (Å²) in [5.74, 6) is -0.301. The maximum Gasteiger partial charge on any atom is 0.407 e. The fraction of sp³-hybridized carbons (Fsp3) is 0.300. The van der Waals surface area contributed by atoms with Gasteiger partial charge < -0.3 is 14.8 Å². The van der Waals surface area contributed by atoms with Gasteiger partial charge in [0, 0.05) is 5.56 Å². The van der Waals surface area contributed by atoms with Gasteiger partial charge in [-0.25, -0.2) is 9.18 Å². The van der Waals surface area contributed by atoms with Crippen LogP contribution in [-0.4, -0.2) is 19.8 Å². The third-order valence-electron chi connectivity index (χ3n) is 2.26. The number of amides is 1. The van der Waals surface area contributed by atoms with Crippen LogP contribution in [0.3, 0.4) is 0 Å². The average Bonchev–Trinajstić information content (AvgIpc) is 2.65. The number of hydrogen-bond acceptors (Lipinski definition) is 3. The molecular weight excluding hydrogens is 201 g/mol. The molecule has 4 nitrogen and oxygen atoms in total. The van der Waals surface area contributed by atoms with Crippen LogP contribution in [-0.2, 0) is 4.74 Å². The Labute approximate surface area is 86.0 Å². The van der Waals surface area contributed by atoms with Crippen molar-refractivity contribution < 1.29 is 18.7 Å². The van der Waals surface area contributed by atoms with E-state index >= 15 is 0 Å². The zero-order chi connectivity index (χ0) is 10.8. The van der Waals surface area contributed by atoms with Crippen molar-refractivity contribution in [2.45, 2.75) is 6.04 Å². The summed E-state index contributed by atoms with van der Waals surface area (Å²) in [6, 6.07) is 4.35. The van der Waals surface area contributed by atoms with Gasteiger partial charge in [0.15, 0.2) is 11.6 Å². The number of cyclic esters (lactones) is 1. The van der Waals surface area contributed by atoms with Crippen LogP contribution in [0.1, 0.15) is 11.6 Å². The third-order valence-corrected chi connectivity index (χ3v) is 2.26. The number of alkyl carbamates (subject to hydrolysis) is 1. The summed E-state index contributed by atoms with van der Waals surface area (Å²) in [5, 5.41) is 2.51. The lowest BCUT2D eigenvalue weighted by molar-refractivity contribution is 0.176. The molecule has 2 rings (SSSR count). The van der Waals surface area contributed by atoms with E-state index < -0.39 is 18.0 Å². The average molecular weight is 211 g/mol. The number of hydrogen-bond donors (Lipinski definition) is 1. The molecule has 1 aromatic carbocycles. The highest BCUT2D eigenvalue weighted by molar-refractivity contribution is 5.70. The standard InChI is InChI=1S/C10H10FNO3/c1-14-8-4-2-3-6(9(8)11)7-5-15-10(13)12-7/h2-4,7H,5H2,1H3,(H,12,13)/t7-/m0/s1. The second kappa shape index (κ2) is 3.76. The van der Waals surface area contributed by atoms with Gasteiger partial charge in [0.1, 0.15) is 6.61 Å². The number of rotatable bonds is 2. The Bertz CT molecular complexity index is 394. The molecular formula is C10H10FNO3. The van der Waals surface area contributed by atoms with Crippen LogP contribution in [0.15, 0.2) is 18.2 Å². The Morgan fingerprint density at radius 1 is 1.60 bits per heavy atom. The van der Waals surface area contributed by atoms with Crippen molar-refractivity contribution in [3.05, 3.63) is 29.6 Å². The summed E-state index contributed by atoms with van der Waals surface area (Å²) in [7, 11) is 1.39. The van der Waals surface area contributed by atoms with E-state index in [-0.39, 0.29) is 12.4 Å². The van der Waals surface area contributed by atoms with Gasteiger partial charge in [0.25, 0.3) is 0 Å². The second-order valence-corrected chi connectivity index (χ2v) is 3.16. The van der Waals surface area contributed by atoms with Crippen LogP contribution in [0.25, 0.3) is 0 Å². The van der Waals surface area contributed by atoms with Crippen molar-refractivity contribution in [3.63, 3.8) is 0 Å². The highest BCUT2D eigenvalue weighted by Crippen LogP contribution is 2.26. The van der Waals surface area contributed by atoms with E-state index in [1.54, 1.807) is 12.1 Å². The summed E-state index contributed by atoms with van der Waals surface area (Å²) in [6.45, 7) is 0.142. The molecule has 0 aliphatic carbocycles. The summed E-state index contributed by atoms with van der Waals surface area (Å²) in [6.07, 6.45) is -0.526. The number of nitrogens with one attached hydrogen (secondary N) is 1. The maximum atomic E-state index is 13.7. The maximum absolute atomic E-state index is 13.7.